The van der Waals surface area contributed by atoms with Crippen LogP contribution in [0.5, 0.6) is 0 Å². The van der Waals surface area contributed by atoms with Crippen LogP contribution in [0.1, 0.15) is 47.9 Å². The van der Waals surface area contributed by atoms with Crippen LogP contribution < -0.4 is 10.2 Å². The Hall–Kier alpha value is -3.37. The van der Waals surface area contributed by atoms with E-state index in [9.17, 15) is 13.2 Å². The van der Waals surface area contributed by atoms with Gasteiger partial charge in [0.15, 0.2) is 0 Å². The number of hydrogen-bond donors (Lipinski definition) is 2. The van der Waals surface area contributed by atoms with E-state index in [2.05, 4.69) is 27.2 Å². The Balaban J connectivity index is 1.54. The van der Waals surface area contributed by atoms with Crippen LogP contribution in [-0.4, -0.2) is 44.6 Å². The predicted octanol–water partition coefficient (Wildman–Crippen LogP) is 4.68. The summed E-state index contributed by atoms with van der Waals surface area (Å²) >= 11 is 0. The number of rotatable bonds is 9. The number of likely N-dealkylation sites (tertiary alicyclic amines) is 1. The number of nitrogens with zero attached hydrogens (tertiary/aromatic N) is 2. The highest BCUT2D eigenvalue weighted by molar-refractivity contribution is 7.89. The fraction of sp³-hybridized carbons (Fsp3) is 0.310. The molecule has 5 rings (SSSR count). The number of carbonyl (C=O) groups excluding carboxylic acids is 1. The molecule has 0 spiro atoms. The molecule has 9 heteroatoms. The molecule has 2 heterocycles. The molecule has 1 unspecified atom stereocenters. The topological polar surface area (TPSA) is 100 Å². The summed E-state index contributed by atoms with van der Waals surface area (Å²) in [6.45, 7) is 6.75. The van der Waals surface area contributed by atoms with Gasteiger partial charge in [0.2, 0.25) is 5.91 Å². The van der Waals surface area contributed by atoms with Gasteiger partial charge in [-0.2, -0.15) is 0 Å². The standard InChI is InChI=1S/C29H32N4O4S/c1-3-37-32-38(35,36)26-18-24-25(17-20(26)2)31-29(34)27(24)28(22-9-5-4-6-10-22)30-23-13-11-21(12-14-23)19-33-15-7-8-16-33/h4-6,9-14,17-18,27,32H,3,7-8,15-16,19H2,1-2H3,(H,31,34). The normalized spacial score (nSPS) is 18.0. The zero-order valence-electron chi connectivity index (χ0n) is 21.6. The van der Waals surface area contributed by atoms with E-state index >= 15 is 0 Å². The molecule has 2 aliphatic heterocycles. The Morgan fingerprint density at radius 2 is 1.79 bits per heavy atom. The SMILES string of the molecule is CCONS(=O)(=O)c1cc2c(cc1C)NC(=O)C2C(=Nc1ccc(CN2CCCC2)cc1)c1ccccc1. The lowest BCUT2D eigenvalue weighted by molar-refractivity contribution is -0.115. The maximum atomic E-state index is 13.3. The lowest BCUT2D eigenvalue weighted by Crippen LogP contribution is -2.25. The molecule has 0 saturated carbocycles. The molecule has 198 valence electrons. The molecule has 0 aliphatic carbocycles. The molecule has 1 atom stereocenters. The third kappa shape index (κ3) is 5.56. The summed E-state index contributed by atoms with van der Waals surface area (Å²) < 4.78 is 25.8. The van der Waals surface area contributed by atoms with E-state index in [1.54, 1.807) is 26.0 Å². The molecule has 2 N–H and O–H groups in total. The lowest BCUT2D eigenvalue weighted by atomic mass is 9.90. The molecule has 3 aromatic rings. The van der Waals surface area contributed by atoms with Gasteiger partial charge in [-0.1, -0.05) is 47.3 Å². The van der Waals surface area contributed by atoms with Crippen LogP contribution in [0.15, 0.2) is 76.6 Å². The van der Waals surface area contributed by atoms with Gasteiger partial charge in [0.1, 0.15) is 5.92 Å². The fourth-order valence-corrected chi connectivity index (χ4v) is 6.19. The van der Waals surface area contributed by atoms with Crippen LogP contribution >= 0.6 is 0 Å². The Kier molecular flexibility index (Phi) is 7.71. The van der Waals surface area contributed by atoms with Gasteiger partial charge in [-0.05, 0) is 86.3 Å². The van der Waals surface area contributed by atoms with Crippen molar-refractivity contribution in [1.29, 1.82) is 0 Å². The molecule has 8 nitrogen and oxygen atoms in total. The molecule has 2 aliphatic rings. The van der Waals surface area contributed by atoms with E-state index in [4.69, 9.17) is 9.83 Å². The van der Waals surface area contributed by atoms with Crippen molar-refractivity contribution in [3.05, 3.63) is 89.0 Å². The minimum absolute atomic E-state index is 0.0601. The predicted molar refractivity (Wildman–Crippen MR) is 148 cm³/mol. The highest BCUT2D eigenvalue weighted by atomic mass is 32.2. The molecular weight excluding hydrogens is 500 g/mol. The fourth-order valence-electron chi connectivity index (χ4n) is 5.06. The van der Waals surface area contributed by atoms with Crippen molar-refractivity contribution in [1.82, 2.24) is 9.79 Å². The summed E-state index contributed by atoms with van der Waals surface area (Å²) in [6.07, 6.45) is 2.50. The van der Waals surface area contributed by atoms with Crippen LogP contribution in [0, 0.1) is 6.92 Å². The van der Waals surface area contributed by atoms with Gasteiger partial charge in [0.05, 0.1) is 22.9 Å². The number of fused-ring (bicyclic) bond motifs is 1. The maximum Gasteiger partial charge on any atom is 0.262 e. The number of nitrogens with one attached hydrogen (secondary N) is 2. The first-order chi connectivity index (χ1) is 18.4. The number of carbonyl (C=O) groups is 1. The number of sulfonamides is 1. The molecule has 0 bridgehead atoms. The maximum absolute atomic E-state index is 13.3. The Labute approximate surface area is 223 Å². The second kappa shape index (κ2) is 11.2. The lowest BCUT2D eigenvalue weighted by Gasteiger charge is -2.16. The average Bonchev–Trinajstić information content (AvgIpc) is 3.53. The Morgan fingerprint density at radius 3 is 2.47 bits per heavy atom. The second-order valence-electron chi connectivity index (χ2n) is 9.66. The van der Waals surface area contributed by atoms with Crippen LogP contribution in [0.25, 0.3) is 0 Å². The van der Waals surface area contributed by atoms with Gasteiger partial charge in [0.25, 0.3) is 10.0 Å². The van der Waals surface area contributed by atoms with Crippen molar-refractivity contribution in [3.63, 3.8) is 0 Å². The third-order valence-electron chi connectivity index (χ3n) is 6.91. The molecule has 3 aromatic carbocycles. The van der Waals surface area contributed by atoms with Crippen molar-refractivity contribution in [2.24, 2.45) is 4.99 Å². The first kappa shape index (κ1) is 26.2. The van der Waals surface area contributed by atoms with Crippen molar-refractivity contribution < 1.29 is 18.0 Å². The van der Waals surface area contributed by atoms with E-state index in [0.717, 1.165) is 30.9 Å². The van der Waals surface area contributed by atoms with Crippen LogP contribution in [0.4, 0.5) is 11.4 Å². The largest absolute Gasteiger partial charge is 0.325 e. The summed E-state index contributed by atoms with van der Waals surface area (Å²) in [5.74, 6) is -1.03. The van der Waals surface area contributed by atoms with Gasteiger partial charge in [-0.3, -0.25) is 19.5 Å². The molecule has 1 fully saturated rings. The van der Waals surface area contributed by atoms with Gasteiger partial charge < -0.3 is 5.32 Å². The molecule has 38 heavy (non-hydrogen) atoms. The molecule has 1 amide bonds. The highest BCUT2D eigenvalue weighted by Crippen LogP contribution is 2.39. The molecule has 0 radical (unpaired) electrons. The van der Waals surface area contributed by atoms with Crippen LogP contribution in [0.3, 0.4) is 0 Å². The highest BCUT2D eigenvalue weighted by Gasteiger charge is 2.37. The first-order valence-corrected chi connectivity index (χ1v) is 14.4. The molecule has 1 saturated heterocycles. The van der Waals surface area contributed by atoms with Gasteiger partial charge in [-0.25, -0.2) is 8.42 Å². The summed E-state index contributed by atoms with van der Waals surface area (Å²) in [6, 6.07) is 20.9. The number of aryl methyl sites for hydroxylation is 1. The van der Waals surface area contributed by atoms with E-state index < -0.39 is 15.9 Å². The minimum Gasteiger partial charge on any atom is -0.325 e. The summed E-state index contributed by atoms with van der Waals surface area (Å²) in [7, 11) is -3.93. The molecule has 0 aromatic heterocycles. The van der Waals surface area contributed by atoms with E-state index in [1.165, 1.54) is 18.4 Å². The van der Waals surface area contributed by atoms with Crippen LogP contribution in [0.2, 0.25) is 0 Å². The number of benzene rings is 3. The number of anilines is 1. The Morgan fingerprint density at radius 1 is 1.08 bits per heavy atom. The van der Waals surface area contributed by atoms with Gasteiger partial charge in [-0.15, -0.1) is 0 Å². The monoisotopic (exact) mass is 532 g/mol. The van der Waals surface area contributed by atoms with Crippen molar-refractivity contribution in [3.8, 4) is 0 Å². The first-order valence-electron chi connectivity index (χ1n) is 12.9. The minimum atomic E-state index is -3.93. The summed E-state index contributed by atoms with van der Waals surface area (Å²) in [5.41, 5.74) is 4.95. The number of amides is 1. The second-order valence-corrected chi connectivity index (χ2v) is 11.3. The number of aliphatic imine (C=N–C) groups is 1. The van der Waals surface area contributed by atoms with Crippen molar-refractivity contribution >= 4 is 33.0 Å². The number of hydrogen-bond acceptors (Lipinski definition) is 6. The average molecular weight is 533 g/mol. The zero-order chi connectivity index (χ0) is 26.7. The molecular formula is C29H32N4O4S. The van der Waals surface area contributed by atoms with E-state index in [-0.39, 0.29) is 17.4 Å². The smallest absolute Gasteiger partial charge is 0.262 e. The van der Waals surface area contributed by atoms with Crippen LogP contribution in [-0.2, 0) is 26.2 Å². The summed E-state index contributed by atoms with van der Waals surface area (Å²) in [5, 5.41) is 2.92. The van der Waals surface area contributed by atoms with E-state index in [1.807, 2.05) is 42.5 Å². The summed E-state index contributed by atoms with van der Waals surface area (Å²) in [4.78, 5) is 27.9. The Bertz CT molecular complexity index is 1450. The quantitative estimate of drug-likeness (QED) is 0.308. The van der Waals surface area contributed by atoms with E-state index in [0.29, 0.717) is 22.5 Å². The third-order valence-corrected chi connectivity index (χ3v) is 8.27. The van der Waals surface area contributed by atoms with Gasteiger partial charge in [0, 0.05) is 12.2 Å². The van der Waals surface area contributed by atoms with Crippen molar-refractivity contribution in [2.75, 3.05) is 25.0 Å². The zero-order valence-corrected chi connectivity index (χ0v) is 22.4. The van der Waals surface area contributed by atoms with Crippen molar-refractivity contribution in [2.45, 2.75) is 44.0 Å². The van der Waals surface area contributed by atoms with Gasteiger partial charge >= 0.3 is 0 Å².